The van der Waals surface area contributed by atoms with E-state index in [9.17, 15) is 4.79 Å². The minimum absolute atomic E-state index is 0.0993. The Morgan fingerprint density at radius 2 is 2.15 bits per heavy atom. The Labute approximate surface area is 162 Å². The lowest BCUT2D eigenvalue weighted by Gasteiger charge is -2.36. The fourth-order valence-electron chi connectivity index (χ4n) is 2.99. The molecule has 1 aromatic heterocycles. The molecule has 2 aliphatic rings. The number of aromatic nitrogens is 2. The lowest BCUT2D eigenvalue weighted by Crippen LogP contribution is -2.40. The summed E-state index contributed by atoms with van der Waals surface area (Å²) in [6, 6.07) is -0.204. The number of hydroxylamine groups is 2. The summed E-state index contributed by atoms with van der Waals surface area (Å²) in [7, 11) is -1.86. The van der Waals surface area contributed by atoms with Gasteiger partial charge in [-0.1, -0.05) is 26.8 Å². The van der Waals surface area contributed by atoms with Gasteiger partial charge in [-0.2, -0.15) is 5.06 Å². The van der Waals surface area contributed by atoms with E-state index in [-0.39, 0.29) is 17.1 Å². The van der Waals surface area contributed by atoms with Gasteiger partial charge in [0, 0.05) is 24.6 Å². The second kappa shape index (κ2) is 7.25. The predicted molar refractivity (Wildman–Crippen MR) is 107 cm³/mol. The monoisotopic (exact) mass is 390 g/mol. The van der Waals surface area contributed by atoms with Gasteiger partial charge >= 0.3 is 6.03 Å². The number of rotatable bonds is 7. The highest BCUT2D eigenvalue weighted by Crippen LogP contribution is 2.37. The van der Waals surface area contributed by atoms with Gasteiger partial charge in [0.05, 0.1) is 25.8 Å². The minimum atomic E-state index is -1.86. The van der Waals surface area contributed by atoms with Crippen molar-refractivity contribution in [2.75, 3.05) is 19.7 Å². The van der Waals surface area contributed by atoms with Crippen molar-refractivity contribution in [3.05, 3.63) is 36.9 Å². The number of carbonyl (C=O) groups excluding carboxylic acids is 1. The fraction of sp³-hybridized carbons (Fsp3) is 0.579. The van der Waals surface area contributed by atoms with E-state index in [0.29, 0.717) is 26.3 Å². The zero-order chi connectivity index (χ0) is 19.8. The predicted octanol–water partition coefficient (Wildman–Crippen LogP) is 3.48. The summed E-state index contributed by atoms with van der Waals surface area (Å²) in [5.74, 6) is 0.861. The molecule has 2 aliphatic heterocycles. The second-order valence-corrected chi connectivity index (χ2v) is 13.4. The van der Waals surface area contributed by atoms with E-state index in [1.54, 1.807) is 17.2 Å². The Kier molecular flexibility index (Phi) is 5.33. The first-order valence-corrected chi connectivity index (χ1v) is 12.2. The minimum Gasteiger partial charge on any atom is -0.409 e. The number of urea groups is 1. The molecule has 0 radical (unpaired) electrons. The summed E-state index contributed by atoms with van der Waals surface area (Å²) in [4.78, 5) is 24.3. The van der Waals surface area contributed by atoms with E-state index in [4.69, 9.17) is 9.26 Å². The van der Waals surface area contributed by atoms with Gasteiger partial charge < -0.3 is 13.9 Å². The summed E-state index contributed by atoms with van der Waals surface area (Å²) in [5, 5.41) is 1.59. The first kappa shape index (κ1) is 19.8. The van der Waals surface area contributed by atoms with E-state index in [0.717, 1.165) is 11.5 Å². The third kappa shape index (κ3) is 3.88. The van der Waals surface area contributed by atoms with Crippen LogP contribution in [0, 0.1) is 0 Å². The van der Waals surface area contributed by atoms with Crippen molar-refractivity contribution in [2.45, 2.75) is 51.6 Å². The Morgan fingerprint density at radius 3 is 2.81 bits per heavy atom. The lowest BCUT2D eigenvalue weighted by atomic mass is 10.2. The molecule has 0 aliphatic carbocycles. The number of amides is 2. The first-order chi connectivity index (χ1) is 12.6. The van der Waals surface area contributed by atoms with Crippen molar-refractivity contribution in [1.82, 2.24) is 19.5 Å². The Balaban J connectivity index is 1.76. The zero-order valence-electron chi connectivity index (χ0n) is 16.9. The van der Waals surface area contributed by atoms with Crippen LogP contribution in [0.5, 0.6) is 0 Å². The van der Waals surface area contributed by atoms with E-state index in [1.165, 1.54) is 5.06 Å². The SMILES string of the molecule is C=CCON1C(=O)N2CC(n3ccnc3CO[Si](C)(C)C(C)(C)C)=CC1C2. The largest absolute Gasteiger partial charge is 0.409 e. The van der Waals surface area contributed by atoms with Crippen LogP contribution in [0.25, 0.3) is 5.70 Å². The van der Waals surface area contributed by atoms with Gasteiger partial charge in [-0.3, -0.25) is 4.84 Å². The van der Waals surface area contributed by atoms with Crippen molar-refractivity contribution in [2.24, 2.45) is 0 Å². The number of nitrogens with zero attached hydrogens (tertiary/aromatic N) is 4. The average Bonchev–Trinajstić information content (AvgIpc) is 3.14. The van der Waals surface area contributed by atoms with Crippen LogP contribution >= 0.6 is 0 Å². The fourth-order valence-corrected chi connectivity index (χ4v) is 3.91. The molecule has 1 unspecified atom stereocenters. The normalized spacial score (nSPS) is 20.3. The highest BCUT2D eigenvalue weighted by molar-refractivity contribution is 6.74. The molecule has 1 atom stereocenters. The molecule has 3 heterocycles. The van der Waals surface area contributed by atoms with Crippen molar-refractivity contribution in [3.8, 4) is 0 Å². The van der Waals surface area contributed by atoms with Crippen LogP contribution in [0.15, 0.2) is 31.1 Å². The quantitative estimate of drug-likeness (QED) is 0.528. The summed E-state index contributed by atoms with van der Waals surface area (Å²) in [5.41, 5.74) is 1.02. The van der Waals surface area contributed by atoms with Crippen LogP contribution in [0.4, 0.5) is 4.79 Å². The van der Waals surface area contributed by atoms with Crippen LogP contribution in [0.2, 0.25) is 18.1 Å². The molecule has 7 nitrogen and oxygen atoms in total. The Morgan fingerprint density at radius 1 is 1.41 bits per heavy atom. The number of imidazole rings is 1. The first-order valence-electron chi connectivity index (χ1n) is 9.33. The van der Waals surface area contributed by atoms with Crippen molar-refractivity contribution >= 4 is 20.0 Å². The molecule has 0 saturated carbocycles. The number of carbonyl (C=O) groups is 1. The average molecular weight is 391 g/mol. The molecular formula is C19H30N4O3Si. The van der Waals surface area contributed by atoms with Crippen LogP contribution in [0.3, 0.4) is 0 Å². The van der Waals surface area contributed by atoms with Crippen molar-refractivity contribution < 1.29 is 14.1 Å². The Bertz CT molecular complexity index is 750. The standard InChI is InChI=1S/C19H30N4O3Si/c1-7-10-25-23-16-11-15(12-21(13-16)18(23)24)22-9-8-20-17(22)14-26-27(5,6)19(2,3)4/h7-9,11,16H,1,10,12-14H2,2-6H3. The highest BCUT2D eigenvalue weighted by Gasteiger charge is 2.41. The Hall–Kier alpha value is -1.90. The van der Waals surface area contributed by atoms with Gasteiger partial charge in [-0.15, -0.1) is 6.58 Å². The maximum Gasteiger partial charge on any atom is 0.345 e. The molecular weight excluding hydrogens is 360 g/mol. The van der Waals surface area contributed by atoms with Gasteiger partial charge in [0.15, 0.2) is 8.32 Å². The van der Waals surface area contributed by atoms with Gasteiger partial charge in [0.1, 0.15) is 5.82 Å². The summed E-state index contributed by atoms with van der Waals surface area (Å²) in [6.07, 6.45) is 7.44. The third-order valence-electron chi connectivity index (χ3n) is 5.63. The van der Waals surface area contributed by atoms with Crippen molar-refractivity contribution in [1.29, 1.82) is 0 Å². The molecule has 2 amide bonds. The van der Waals surface area contributed by atoms with E-state index in [1.807, 2.05) is 10.8 Å². The van der Waals surface area contributed by atoms with E-state index >= 15 is 0 Å². The molecule has 1 saturated heterocycles. The maximum atomic E-state index is 12.5. The van der Waals surface area contributed by atoms with Gasteiger partial charge in [-0.25, -0.2) is 9.78 Å². The molecule has 2 bridgehead atoms. The molecule has 1 fully saturated rings. The van der Waals surface area contributed by atoms with Gasteiger partial charge in [0.25, 0.3) is 0 Å². The summed E-state index contributed by atoms with van der Waals surface area (Å²) < 4.78 is 8.37. The molecule has 0 aromatic carbocycles. The molecule has 1 aromatic rings. The van der Waals surface area contributed by atoms with Gasteiger partial charge in [-0.05, 0) is 24.2 Å². The number of hydrogen-bond acceptors (Lipinski definition) is 4. The van der Waals surface area contributed by atoms with Crippen LogP contribution < -0.4 is 0 Å². The summed E-state index contributed by atoms with van der Waals surface area (Å²) in [6.45, 7) is 16.8. The van der Waals surface area contributed by atoms with Crippen molar-refractivity contribution in [3.63, 3.8) is 0 Å². The molecule has 148 valence electrons. The molecule has 8 heteroatoms. The van der Waals surface area contributed by atoms with E-state index in [2.05, 4.69) is 51.5 Å². The molecule has 0 spiro atoms. The lowest BCUT2D eigenvalue weighted by molar-refractivity contribution is -0.107. The molecule has 0 N–H and O–H groups in total. The van der Waals surface area contributed by atoms with Crippen LogP contribution in [-0.2, 0) is 15.9 Å². The topological polar surface area (TPSA) is 59.8 Å². The van der Waals surface area contributed by atoms with Crippen LogP contribution in [-0.4, -0.2) is 59.6 Å². The number of fused-ring (bicyclic) bond motifs is 2. The molecule has 3 rings (SSSR count). The summed E-state index contributed by atoms with van der Waals surface area (Å²) >= 11 is 0. The highest BCUT2D eigenvalue weighted by atomic mass is 28.4. The smallest absolute Gasteiger partial charge is 0.345 e. The third-order valence-corrected chi connectivity index (χ3v) is 10.1. The second-order valence-electron chi connectivity index (χ2n) is 8.56. The van der Waals surface area contributed by atoms with Crippen LogP contribution in [0.1, 0.15) is 26.6 Å². The number of hydrogen-bond donors (Lipinski definition) is 0. The van der Waals surface area contributed by atoms with Gasteiger partial charge in [0.2, 0.25) is 0 Å². The van der Waals surface area contributed by atoms with E-state index < -0.39 is 8.32 Å². The zero-order valence-corrected chi connectivity index (χ0v) is 17.9. The maximum absolute atomic E-state index is 12.5. The molecule has 27 heavy (non-hydrogen) atoms.